The van der Waals surface area contributed by atoms with Gasteiger partial charge in [-0.05, 0) is 30.2 Å². The van der Waals surface area contributed by atoms with E-state index < -0.39 is 0 Å². The minimum absolute atomic E-state index is 0.162. The summed E-state index contributed by atoms with van der Waals surface area (Å²) >= 11 is 0. The molecule has 1 amide bonds. The van der Waals surface area contributed by atoms with Gasteiger partial charge in [-0.25, -0.2) is 0 Å². The lowest BCUT2D eigenvalue weighted by molar-refractivity contribution is -0.128. The lowest BCUT2D eigenvalue weighted by Gasteiger charge is -2.28. The van der Waals surface area contributed by atoms with Gasteiger partial charge in [0.05, 0.1) is 0 Å². The van der Waals surface area contributed by atoms with Crippen LogP contribution in [0, 0.1) is 0 Å². The maximum absolute atomic E-state index is 11.5. The summed E-state index contributed by atoms with van der Waals surface area (Å²) in [6.07, 6.45) is 10.9. The Labute approximate surface area is 89.2 Å². The SMILES string of the molecule is CN1C(=O)CCC2=C/C(N)=C\C=C/C=C\21. The number of carbonyl (C=O) groups excluding carboxylic acids is 1. The number of nitrogens with two attached hydrogens (primary N) is 1. The summed E-state index contributed by atoms with van der Waals surface area (Å²) < 4.78 is 0. The molecule has 0 unspecified atom stereocenters. The van der Waals surface area contributed by atoms with E-state index in [-0.39, 0.29) is 5.91 Å². The van der Waals surface area contributed by atoms with Crippen molar-refractivity contribution < 1.29 is 4.79 Å². The minimum Gasteiger partial charge on any atom is -0.399 e. The van der Waals surface area contributed by atoms with Gasteiger partial charge in [0.25, 0.3) is 0 Å². The number of hydrogen-bond donors (Lipinski definition) is 1. The van der Waals surface area contributed by atoms with E-state index in [1.807, 2.05) is 30.4 Å². The first-order valence-corrected chi connectivity index (χ1v) is 5.00. The van der Waals surface area contributed by atoms with Gasteiger partial charge in [0.1, 0.15) is 0 Å². The number of carbonyl (C=O) groups is 1. The smallest absolute Gasteiger partial charge is 0.227 e. The Morgan fingerprint density at radius 1 is 1.27 bits per heavy atom. The molecule has 2 N–H and O–H groups in total. The molecule has 1 fully saturated rings. The monoisotopic (exact) mass is 202 g/mol. The fraction of sp³-hybridized carbons (Fsp3) is 0.250. The maximum atomic E-state index is 11.5. The van der Waals surface area contributed by atoms with E-state index in [9.17, 15) is 4.79 Å². The van der Waals surface area contributed by atoms with Crippen LogP contribution in [0.4, 0.5) is 0 Å². The van der Waals surface area contributed by atoms with Crippen LogP contribution in [0.25, 0.3) is 0 Å². The van der Waals surface area contributed by atoms with Crippen molar-refractivity contribution in [2.75, 3.05) is 7.05 Å². The highest BCUT2D eigenvalue weighted by molar-refractivity contribution is 5.81. The van der Waals surface area contributed by atoms with Crippen LogP contribution < -0.4 is 5.73 Å². The summed E-state index contributed by atoms with van der Waals surface area (Å²) in [6, 6.07) is 0. The zero-order chi connectivity index (χ0) is 10.8. The minimum atomic E-state index is 0.162. The van der Waals surface area contributed by atoms with Crippen LogP contribution in [0.5, 0.6) is 0 Å². The summed E-state index contributed by atoms with van der Waals surface area (Å²) in [4.78, 5) is 13.2. The fourth-order valence-electron chi connectivity index (χ4n) is 1.81. The normalized spacial score (nSPS) is 33.5. The van der Waals surface area contributed by atoms with Gasteiger partial charge < -0.3 is 10.6 Å². The number of nitrogens with zero attached hydrogens (tertiary/aromatic N) is 1. The van der Waals surface area contributed by atoms with Crippen molar-refractivity contribution in [2.24, 2.45) is 5.73 Å². The summed E-state index contributed by atoms with van der Waals surface area (Å²) in [7, 11) is 1.80. The number of rotatable bonds is 0. The molecule has 1 aliphatic heterocycles. The average molecular weight is 202 g/mol. The molecule has 78 valence electrons. The van der Waals surface area contributed by atoms with Crippen LogP contribution in [0.3, 0.4) is 0 Å². The molecule has 2 rings (SSSR count). The van der Waals surface area contributed by atoms with Crippen LogP contribution in [0.2, 0.25) is 0 Å². The molecular weight excluding hydrogens is 188 g/mol. The summed E-state index contributed by atoms with van der Waals surface area (Å²) in [5.41, 5.74) is 8.62. The summed E-state index contributed by atoms with van der Waals surface area (Å²) in [6.45, 7) is 0. The standard InChI is InChI=1S/C12H14N2O/c1-14-11-5-3-2-4-10(13)8-9(11)6-7-12(14)15/h2-5,8H,6-7,13H2,1H3/b3-2-,4-2?,5-3?,9-8-,10-4+,10-8?,11-5+. The van der Waals surface area contributed by atoms with E-state index in [4.69, 9.17) is 5.73 Å². The molecule has 0 bridgehead atoms. The largest absolute Gasteiger partial charge is 0.399 e. The number of amides is 1. The molecule has 0 radical (unpaired) electrons. The van der Waals surface area contributed by atoms with E-state index in [2.05, 4.69) is 0 Å². The van der Waals surface area contributed by atoms with E-state index in [0.29, 0.717) is 6.42 Å². The first-order chi connectivity index (χ1) is 7.18. The van der Waals surface area contributed by atoms with Gasteiger partial charge in [0.15, 0.2) is 0 Å². The van der Waals surface area contributed by atoms with Crippen molar-refractivity contribution in [3.8, 4) is 0 Å². The summed E-state index contributed by atoms with van der Waals surface area (Å²) in [5, 5.41) is 0. The van der Waals surface area contributed by atoms with Gasteiger partial charge in [-0.3, -0.25) is 4.79 Å². The van der Waals surface area contributed by atoms with Crippen molar-refractivity contribution >= 4 is 5.91 Å². The molecular formula is C12H14N2O. The molecule has 1 saturated heterocycles. The second-order valence-corrected chi connectivity index (χ2v) is 3.73. The highest BCUT2D eigenvalue weighted by atomic mass is 16.2. The van der Waals surface area contributed by atoms with Gasteiger partial charge >= 0.3 is 0 Å². The molecule has 0 aromatic carbocycles. The first-order valence-electron chi connectivity index (χ1n) is 5.00. The van der Waals surface area contributed by atoms with E-state index in [1.54, 1.807) is 11.9 Å². The lowest BCUT2D eigenvalue weighted by atomic mass is 9.98. The van der Waals surface area contributed by atoms with Crippen molar-refractivity contribution in [2.45, 2.75) is 12.8 Å². The zero-order valence-electron chi connectivity index (χ0n) is 8.73. The van der Waals surface area contributed by atoms with Crippen molar-refractivity contribution in [3.05, 3.63) is 47.3 Å². The number of fused-ring (bicyclic) bond motifs is 1. The fourth-order valence-corrected chi connectivity index (χ4v) is 1.81. The highest BCUT2D eigenvalue weighted by Gasteiger charge is 2.22. The Balaban J connectivity index is 2.42. The molecule has 3 heteroatoms. The molecule has 0 spiro atoms. The van der Waals surface area contributed by atoms with Crippen LogP contribution in [0.15, 0.2) is 47.3 Å². The van der Waals surface area contributed by atoms with E-state index in [1.165, 1.54) is 0 Å². The molecule has 3 nitrogen and oxygen atoms in total. The van der Waals surface area contributed by atoms with Gasteiger partial charge in [-0.1, -0.05) is 12.2 Å². The third-order valence-electron chi connectivity index (χ3n) is 2.67. The maximum Gasteiger partial charge on any atom is 0.227 e. The number of hydrogen-bond acceptors (Lipinski definition) is 2. The van der Waals surface area contributed by atoms with Crippen LogP contribution in [0.1, 0.15) is 12.8 Å². The molecule has 0 aromatic heterocycles. The predicted octanol–water partition coefficient (Wildman–Crippen LogP) is 1.46. The Kier molecular flexibility index (Phi) is 2.46. The molecule has 0 aromatic rings. The van der Waals surface area contributed by atoms with E-state index in [0.717, 1.165) is 23.4 Å². The molecule has 2 aliphatic rings. The van der Waals surface area contributed by atoms with Crippen molar-refractivity contribution in [3.63, 3.8) is 0 Å². The van der Waals surface area contributed by atoms with Gasteiger partial charge in [-0.2, -0.15) is 0 Å². The van der Waals surface area contributed by atoms with Gasteiger partial charge in [0.2, 0.25) is 5.91 Å². The first kappa shape index (κ1) is 9.77. The van der Waals surface area contributed by atoms with Gasteiger partial charge in [-0.15, -0.1) is 0 Å². The Morgan fingerprint density at radius 3 is 2.80 bits per heavy atom. The predicted molar refractivity (Wildman–Crippen MR) is 59.6 cm³/mol. The third-order valence-corrected chi connectivity index (χ3v) is 2.67. The van der Waals surface area contributed by atoms with Crippen molar-refractivity contribution in [1.29, 1.82) is 0 Å². The quantitative estimate of drug-likeness (QED) is 0.646. The average Bonchev–Trinajstić information content (AvgIpc) is 2.18. The lowest BCUT2D eigenvalue weighted by Crippen LogP contribution is -2.31. The summed E-state index contributed by atoms with van der Waals surface area (Å²) in [5.74, 6) is 0.162. The molecule has 1 aliphatic carbocycles. The Bertz CT molecular complexity index is 413. The number of likely N-dealkylation sites (N-methyl/N-ethyl adjacent to an activating group) is 1. The van der Waals surface area contributed by atoms with E-state index >= 15 is 0 Å². The second-order valence-electron chi connectivity index (χ2n) is 3.73. The van der Waals surface area contributed by atoms with Crippen molar-refractivity contribution in [1.82, 2.24) is 4.90 Å². The topological polar surface area (TPSA) is 46.3 Å². The van der Waals surface area contributed by atoms with Crippen LogP contribution >= 0.6 is 0 Å². The molecule has 0 saturated carbocycles. The third kappa shape index (κ3) is 1.86. The Hall–Kier alpha value is -1.77. The number of piperidine rings is 1. The Morgan fingerprint density at radius 2 is 2.00 bits per heavy atom. The molecule has 0 atom stereocenters. The van der Waals surface area contributed by atoms with Crippen LogP contribution in [-0.4, -0.2) is 17.9 Å². The zero-order valence-corrected chi connectivity index (χ0v) is 8.73. The molecule has 1 heterocycles. The van der Waals surface area contributed by atoms with Gasteiger partial charge in [0, 0.05) is 24.9 Å². The second kappa shape index (κ2) is 3.77. The molecule has 15 heavy (non-hydrogen) atoms. The highest BCUT2D eigenvalue weighted by Crippen LogP contribution is 2.27. The van der Waals surface area contributed by atoms with Crippen LogP contribution in [-0.2, 0) is 4.79 Å². The number of allylic oxidation sites excluding steroid dienone is 6. The number of likely N-dealkylation sites (tertiary alicyclic amines) is 1.